The van der Waals surface area contributed by atoms with Crippen molar-refractivity contribution in [3.05, 3.63) is 182 Å². The predicted octanol–water partition coefficient (Wildman–Crippen LogP) is 12.0. The van der Waals surface area contributed by atoms with E-state index in [1.165, 1.54) is 11.4 Å². The minimum Gasteiger partial charge on any atom is -0.557 e. The van der Waals surface area contributed by atoms with Crippen LogP contribution in [0.1, 0.15) is 9.68 Å². The molecule has 3 heterocycles. The summed E-state index contributed by atoms with van der Waals surface area (Å²) in [5, 5.41) is 2.43. The Kier molecular flexibility index (Phi) is 9.61. The molecule has 0 amide bonds. The molecule has 4 nitrogen and oxygen atoms in total. The molecule has 0 aliphatic heterocycles. The maximum Gasteiger partial charge on any atom is 0.0774 e. The fourth-order valence-electron chi connectivity index (χ4n) is 6.62. The van der Waals surface area contributed by atoms with Gasteiger partial charge in [-0.3, -0.25) is 4.98 Å². The zero-order valence-electron chi connectivity index (χ0n) is 33.2. The summed E-state index contributed by atoms with van der Waals surface area (Å²) in [6, 6.07) is 56.5. The van der Waals surface area contributed by atoms with Crippen LogP contribution in [0, 0.1) is 19.2 Å². The quantitative estimate of drug-likeness (QED) is 0.123. The molecular weight excluding hydrogens is 855 g/mol. The van der Waals surface area contributed by atoms with Crippen LogP contribution in [0.2, 0.25) is 19.6 Å². The van der Waals surface area contributed by atoms with Crippen molar-refractivity contribution in [3.63, 3.8) is 0 Å². The van der Waals surface area contributed by atoms with E-state index in [9.17, 15) is 0 Å². The van der Waals surface area contributed by atoms with Gasteiger partial charge in [0.25, 0.3) is 0 Å². The van der Waals surface area contributed by atoms with Gasteiger partial charge in [-0.2, -0.15) is 0 Å². The van der Waals surface area contributed by atoms with Crippen molar-refractivity contribution in [2.24, 2.45) is 0 Å². The second kappa shape index (κ2) is 15.8. The fourth-order valence-corrected chi connectivity index (χ4v) is 7.78. The van der Waals surface area contributed by atoms with E-state index in [0.29, 0.717) is 0 Å². The van der Waals surface area contributed by atoms with Gasteiger partial charge in [0, 0.05) is 53.4 Å². The standard InChI is InChI=1S/C36H29N2OSi.C12H10N.Ir/c1-40(2,3)27-21-22-34-30(23-27)31(24-39-34)36-37-32-19-10-11-20-33(32)38(36)35-28(25-13-6-4-7-14-25)17-12-18-29(35)26-15-8-5-9-16-26;1-10-7-8-12(13-9-10)11-5-3-2-4-6-11;/h4-23H,1-3H3;2-5,7-9H,1H3;/q2*-1;/i;1D3;. The van der Waals surface area contributed by atoms with Crippen molar-refractivity contribution in [1.29, 1.82) is 0 Å². The number of hydrogen-bond donors (Lipinski definition) is 0. The number of benzene rings is 6. The number of para-hydroxylation sites is 3. The van der Waals surface area contributed by atoms with E-state index >= 15 is 0 Å². The fraction of sp³-hybridized carbons (Fsp3) is 0.0833. The zero-order valence-corrected chi connectivity index (χ0v) is 33.6. The van der Waals surface area contributed by atoms with Crippen LogP contribution >= 0.6 is 0 Å². The first kappa shape index (κ1) is 33.0. The molecular formula is C48H39IrN3OSi-2. The largest absolute Gasteiger partial charge is 0.557 e. The number of imidazole rings is 1. The minimum absolute atomic E-state index is 0. The predicted molar refractivity (Wildman–Crippen MR) is 222 cm³/mol. The van der Waals surface area contributed by atoms with E-state index in [1.807, 2.05) is 24.3 Å². The summed E-state index contributed by atoms with van der Waals surface area (Å²) in [6.45, 7) is 5.02. The average molecular weight is 897 g/mol. The second-order valence-corrected chi connectivity index (χ2v) is 19.0. The topological polar surface area (TPSA) is 43.9 Å². The van der Waals surface area contributed by atoms with Gasteiger partial charge in [-0.15, -0.1) is 42.0 Å². The van der Waals surface area contributed by atoms with Gasteiger partial charge in [0.05, 0.1) is 30.6 Å². The number of aromatic nitrogens is 3. The Morgan fingerprint density at radius 3 is 2.02 bits per heavy atom. The van der Waals surface area contributed by atoms with Crippen molar-refractivity contribution in [3.8, 4) is 50.6 Å². The molecule has 9 rings (SSSR count). The average Bonchev–Trinajstić information content (AvgIpc) is 3.82. The zero-order chi connectivity index (χ0) is 38.9. The second-order valence-electron chi connectivity index (χ2n) is 13.9. The van der Waals surface area contributed by atoms with Gasteiger partial charge in [0.2, 0.25) is 0 Å². The van der Waals surface area contributed by atoms with Gasteiger partial charge in [0.1, 0.15) is 0 Å². The van der Waals surface area contributed by atoms with Gasteiger partial charge < -0.3 is 14.0 Å². The first-order valence-electron chi connectivity index (χ1n) is 19.2. The third-order valence-electron chi connectivity index (χ3n) is 9.34. The van der Waals surface area contributed by atoms with Crippen molar-refractivity contribution in [1.82, 2.24) is 14.5 Å². The Hall–Kier alpha value is -5.65. The summed E-state index contributed by atoms with van der Waals surface area (Å²) in [6.07, 6.45) is 4.65. The number of furan rings is 1. The van der Waals surface area contributed by atoms with Crippen LogP contribution in [0.3, 0.4) is 0 Å². The molecule has 0 aliphatic rings. The first-order valence-corrected chi connectivity index (χ1v) is 21.2. The molecule has 0 aliphatic carbocycles. The van der Waals surface area contributed by atoms with Crippen molar-refractivity contribution in [2.45, 2.75) is 26.5 Å². The normalized spacial score (nSPS) is 12.2. The molecule has 0 fully saturated rings. The molecule has 6 heteroatoms. The van der Waals surface area contributed by atoms with Crippen molar-refractivity contribution >= 4 is 35.3 Å². The summed E-state index contributed by atoms with van der Waals surface area (Å²) in [5.41, 5.74) is 11.2. The summed E-state index contributed by atoms with van der Waals surface area (Å²) < 4.78 is 30.0. The maximum atomic E-state index is 7.23. The Bertz CT molecular complexity index is 2700. The number of aryl methyl sites for hydroxylation is 1. The van der Waals surface area contributed by atoms with Gasteiger partial charge in [-0.05, 0) is 41.4 Å². The summed E-state index contributed by atoms with van der Waals surface area (Å²) in [7, 11) is -1.55. The molecule has 0 spiro atoms. The summed E-state index contributed by atoms with van der Waals surface area (Å²) in [5.74, 6) is 0.827. The van der Waals surface area contributed by atoms with E-state index in [2.05, 4.69) is 157 Å². The van der Waals surface area contributed by atoms with Crippen LogP contribution in [0.4, 0.5) is 0 Å². The monoisotopic (exact) mass is 897 g/mol. The molecule has 54 heavy (non-hydrogen) atoms. The number of pyridine rings is 1. The molecule has 0 atom stereocenters. The number of rotatable bonds is 6. The number of fused-ring (bicyclic) bond motifs is 2. The number of hydrogen-bond acceptors (Lipinski definition) is 3. The van der Waals surface area contributed by atoms with Crippen LogP contribution in [0.15, 0.2) is 168 Å². The van der Waals surface area contributed by atoms with Gasteiger partial charge >= 0.3 is 0 Å². The molecule has 0 bridgehead atoms. The van der Waals surface area contributed by atoms with Crippen LogP contribution in [0.25, 0.3) is 72.6 Å². The molecule has 0 unspecified atom stereocenters. The summed E-state index contributed by atoms with van der Waals surface area (Å²) >= 11 is 0. The van der Waals surface area contributed by atoms with Crippen LogP contribution in [0.5, 0.6) is 0 Å². The van der Waals surface area contributed by atoms with Gasteiger partial charge in [-0.25, -0.2) is 0 Å². The summed E-state index contributed by atoms with van der Waals surface area (Å²) in [4.78, 5) is 9.35. The Morgan fingerprint density at radius 2 is 1.39 bits per heavy atom. The molecule has 0 saturated carbocycles. The maximum absolute atomic E-state index is 7.23. The van der Waals surface area contributed by atoms with Crippen LogP contribution < -0.4 is 5.19 Å². The molecule has 0 N–H and O–H groups in total. The van der Waals surface area contributed by atoms with E-state index in [0.717, 1.165) is 72.6 Å². The van der Waals surface area contributed by atoms with Crippen molar-refractivity contribution in [2.75, 3.05) is 0 Å². The Morgan fingerprint density at radius 1 is 0.704 bits per heavy atom. The smallest absolute Gasteiger partial charge is 0.0774 e. The third kappa shape index (κ3) is 7.42. The van der Waals surface area contributed by atoms with E-state index in [1.54, 1.807) is 18.2 Å². The van der Waals surface area contributed by atoms with Gasteiger partial charge in [-0.1, -0.05) is 151 Å². The molecule has 267 valence electrons. The molecule has 9 aromatic rings. The minimum atomic E-state index is -2.09. The SMILES string of the molecule is C[Si](C)(C)c1ccc2o[c-]c(-c3nc4ccccc4n3-c3c(-c4ccccc4)cccc3-c3ccccc3)c2c1.[2H]C([2H])([2H])c1ccc(-c2[c-]cccc2)nc1.[Ir]. The first-order chi connectivity index (χ1) is 27.1. The van der Waals surface area contributed by atoms with Crippen LogP contribution in [-0.2, 0) is 20.1 Å². The van der Waals surface area contributed by atoms with E-state index in [4.69, 9.17) is 13.5 Å². The van der Waals surface area contributed by atoms with Gasteiger partial charge in [0.15, 0.2) is 0 Å². The van der Waals surface area contributed by atoms with Crippen molar-refractivity contribution < 1.29 is 28.6 Å². The molecule has 3 aromatic heterocycles. The Labute approximate surface area is 335 Å². The third-order valence-corrected chi connectivity index (χ3v) is 11.4. The molecule has 1 radical (unpaired) electrons. The Balaban J connectivity index is 0.000000246. The van der Waals surface area contributed by atoms with E-state index < -0.39 is 14.9 Å². The van der Waals surface area contributed by atoms with E-state index in [-0.39, 0.29) is 25.7 Å². The molecule has 0 saturated heterocycles. The number of nitrogens with zero attached hydrogens (tertiary/aromatic N) is 3. The molecule has 6 aromatic carbocycles. The van der Waals surface area contributed by atoms with Crippen LogP contribution in [-0.4, -0.2) is 22.6 Å².